The molecule has 1 spiro atoms. The monoisotopic (exact) mass is 361 g/mol. The van der Waals surface area contributed by atoms with E-state index in [2.05, 4.69) is 10.5 Å². The summed E-state index contributed by atoms with van der Waals surface area (Å²) in [5.41, 5.74) is 1.21. The lowest BCUT2D eigenvalue weighted by Crippen LogP contribution is -2.48. The lowest BCUT2D eigenvalue weighted by molar-refractivity contribution is -0.116. The van der Waals surface area contributed by atoms with E-state index >= 15 is 0 Å². The molecule has 1 aromatic heterocycles. The first-order chi connectivity index (χ1) is 12.0. The van der Waals surface area contributed by atoms with Crippen molar-refractivity contribution in [1.82, 2.24) is 10.2 Å². The van der Waals surface area contributed by atoms with Gasteiger partial charge < -0.3 is 15.1 Å². The fourth-order valence-corrected chi connectivity index (χ4v) is 4.41. The average Bonchev–Trinajstić information content (AvgIpc) is 3.18. The number of likely N-dealkylation sites (tertiary alicyclic amines) is 1. The van der Waals surface area contributed by atoms with Gasteiger partial charge in [0.2, 0.25) is 0 Å². The van der Waals surface area contributed by atoms with E-state index in [1.165, 1.54) is 17.8 Å². The van der Waals surface area contributed by atoms with Crippen molar-refractivity contribution in [3.05, 3.63) is 21.9 Å². The highest BCUT2D eigenvalue weighted by Gasteiger charge is 2.44. The zero-order valence-corrected chi connectivity index (χ0v) is 15.2. The third kappa shape index (κ3) is 3.29. The molecule has 2 aliphatic heterocycles. The van der Waals surface area contributed by atoms with Crippen LogP contribution in [0.25, 0.3) is 0 Å². The van der Waals surface area contributed by atoms with Crippen molar-refractivity contribution >= 4 is 28.9 Å². The van der Waals surface area contributed by atoms with Gasteiger partial charge in [0.15, 0.2) is 0 Å². The molecule has 4 rings (SSSR count). The molecule has 3 aliphatic rings. The Bertz CT molecular complexity index is 715. The molecule has 3 heterocycles. The minimum atomic E-state index is -0.408. The highest BCUT2D eigenvalue weighted by Crippen LogP contribution is 2.35. The predicted molar refractivity (Wildman–Crippen MR) is 95.8 cm³/mol. The number of nitrogens with one attached hydrogen (secondary N) is 1. The summed E-state index contributed by atoms with van der Waals surface area (Å²) >= 11 is 1.49. The second kappa shape index (κ2) is 6.44. The summed E-state index contributed by atoms with van der Waals surface area (Å²) in [6, 6.07) is 2.25. The Labute approximate surface area is 151 Å². The number of thiophene rings is 1. The lowest BCUT2D eigenvalue weighted by Gasteiger charge is -2.37. The third-order valence-corrected chi connectivity index (χ3v) is 6.48. The van der Waals surface area contributed by atoms with Crippen LogP contribution in [0.15, 0.2) is 16.6 Å². The summed E-state index contributed by atoms with van der Waals surface area (Å²) in [4.78, 5) is 33.2. The van der Waals surface area contributed by atoms with Crippen LogP contribution in [0, 0.1) is 6.92 Å². The van der Waals surface area contributed by atoms with Crippen LogP contribution in [-0.2, 0) is 9.63 Å². The largest absolute Gasteiger partial charge is 0.388 e. The van der Waals surface area contributed by atoms with Crippen molar-refractivity contribution in [3.8, 4) is 0 Å². The van der Waals surface area contributed by atoms with E-state index in [-0.39, 0.29) is 11.8 Å². The minimum absolute atomic E-state index is 0.0888. The van der Waals surface area contributed by atoms with Crippen LogP contribution >= 0.6 is 11.3 Å². The fourth-order valence-electron chi connectivity index (χ4n) is 3.55. The second-order valence-electron chi connectivity index (χ2n) is 7.37. The maximum atomic E-state index is 12.6. The molecule has 0 unspecified atom stereocenters. The molecule has 2 amide bonds. The summed E-state index contributed by atoms with van der Waals surface area (Å²) in [5, 5.41) is 9.08. The molecule has 1 aliphatic carbocycles. The molecule has 0 radical (unpaired) electrons. The van der Waals surface area contributed by atoms with Crippen LogP contribution in [0.3, 0.4) is 0 Å². The molecule has 25 heavy (non-hydrogen) atoms. The van der Waals surface area contributed by atoms with Gasteiger partial charge in [-0.3, -0.25) is 9.59 Å². The number of rotatable bonds is 3. The van der Waals surface area contributed by atoms with Gasteiger partial charge in [-0.2, -0.15) is 0 Å². The molecule has 2 fully saturated rings. The quantitative estimate of drug-likeness (QED) is 0.899. The summed E-state index contributed by atoms with van der Waals surface area (Å²) in [6.45, 7) is 3.28. The van der Waals surface area contributed by atoms with Crippen molar-refractivity contribution in [2.75, 3.05) is 13.1 Å². The minimum Gasteiger partial charge on any atom is -0.388 e. The van der Waals surface area contributed by atoms with E-state index in [4.69, 9.17) is 4.84 Å². The molecule has 7 heteroatoms. The molecule has 1 saturated carbocycles. The molecule has 0 atom stereocenters. The summed E-state index contributed by atoms with van der Waals surface area (Å²) in [5.74, 6) is 0.00366. The van der Waals surface area contributed by atoms with Crippen LogP contribution in [0.4, 0.5) is 0 Å². The van der Waals surface area contributed by atoms with Crippen molar-refractivity contribution in [1.29, 1.82) is 0 Å². The number of hydrogen-bond acceptors (Lipinski definition) is 5. The Kier molecular flexibility index (Phi) is 4.27. The first-order valence-electron chi connectivity index (χ1n) is 8.95. The molecule has 134 valence electrons. The molecule has 1 saturated heterocycles. The molecular formula is C18H23N3O3S. The van der Waals surface area contributed by atoms with Gasteiger partial charge in [-0.05, 0) is 43.2 Å². The number of carbonyl (C=O) groups excluding carboxylic acids is 2. The normalized spacial score (nSPS) is 22.3. The van der Waals surface area contributed by atoms with Crippen LogP contribution in [0.2, 0.25) is 0 Å². The third-order valence-electron chi connectivity index (χ3n) is 5.44. The Balaban J connectivity index is 1.31. The van der Waals surface area contributed by atoms with Gasteiger partial charge in [0.1, 0.15) is 11.3 Å². The molecular weight excluding hydrogens is 338 g/mol. The zero-order valence-electron chi connectivity index (χ0n) is 14.4. The van der Waals surface area contributed by atoms with E-state index in [1.54, 1.807) is 0 Å². The zero-order chi connectivity index (χ0) is 17.4. The first-order valence-corrected chi connectivity index (χ1v) is 9.83. The average molecular weight is 361 g/mol. The molecule has 1 N–H and O–H groups in total. The highest BCUT2D eigenvalue weighted by atomic mass is 32.1. The summed E-state index contributed by atoms with van der Waals surface area (Å²) < 4.78 is 0. The number of nitrogens with zero attached hydrogens (tertiary/aromatic N) is 2. The summed E-state index contributed by atoms with van der Waals surface area (Å²) in [6.07, 6.45) is 5.28. The maximum Gasteiger partial charge on any atom is 0.269 e. The van der Waals surface area contributed by atoms with Crippen molar-refractivity contribution < 1.29 is 14.4 Å². The smallest absolute Gasteiger partial charge is 0.269 e. The highest BCUT2D eigenvalue weighted by molar-refractivity contribution is 7.12. The van der Waals surface area contributed by atoms with E-state index < -0.39 is 5.60 Å². The Hall–Kier alpha value is -1.89. The Morgan fingerprint density at radius 1 is 1.36 bits per heavy atom. The van der Waals surface area contributed by atoms with Gasteiger partial charge in [0, 0.05) is 38.4 Å². The van der Waals surface area contributed by atoms with Crippen molar-refractivity contribution in [2.45, 2.75) is 57.1 Å². The molecule has 1 aromatic rings. The van der Waals surface area contributed by atoms with Gasteiger partial charge in [-0.1, -0.05) is 5.16 Å². The van der Waals surface area contributed by atoms with Crippen molar-refractivity contribution in [2.24, 2.45) is 5.16 Å². The molecule has 0 aromatic carbocycles. The second-order valence-corrected chi connectivity index (χ2v) is 8.28. The van der Waals surface area contributed by atoms with Crippen LogP contribution < -0.4 is 5.32 Å². The van der Waals surface area contributed by atoms with E-state index in [0.717, 1.165) is 23.3 Å². The lowest BCUT2D eigenvalue weighted by atomic mass is 9.86. The number of hydrogen-bond donors (Lipinski definition) is 1. The Morgan fingerprint density at radius 2 is 2.12 bits per heavy atom. The molecule has 0 bridgehead atoms. The van der Waals surface area contributed by atoms with Gasteiger partial charge in [0.05, 0.1) is 4.88 Å². The van der Waals surface area contributed by atoms with Gasteiger partial charge in [-0.15, -0.1) is 11.3 Å². The van der Waals surface area contributed by atoms with Gasteiger partial charge in [0.25, 0.3) is 11.8 Å². The van der Waals surface area contributed by atoms with Crippen LogP contribution in [0.5, 0.6) is 0 Å². The van der Waals surface area contributed by atoms with Crippen LogP contribution in [-0.4, -0.2) is 47.2 Å². The number of carbonyl (C=O) groups is 2. The maximum absolute atomic E-state index is 12.6. The SMILES string of the molecule is Cc1csc(C(=O)N2CCC3(CC2)CC(C(=O)NC2CCC2)=NO3)c1. The number of aryl methyl sites for hydroxylation is 1. The van der Waals surface area contributed by atoms with Gasteiger partial charge in [-0.25, -0.2) is 0 Å². The van der Waals surface area contributed by atoms with E-state index in [0.29, 0.717) is 44.1 Å². The number of amides is 2. The fraction of sp³-hybridized carbons (Fsp3) is 0.611. The van der Waals surface area contributed by atoms with Crippen LogP contribution in [0.1, 0.15) is 53.8 Å². The Morgan fingerprint density at radius 3 is 2.72 bits per heavy atom. The summed E-state index contributed by atoms with van der Waals surface area (Å²) in [7, 11) is 0. The van der Waals surface area contributed by atoms with Crippen molar-refractivity contribution in [3.63, 3.8) is 0 Å². The predicted octanol–water partition coefficient (Wildman–Crippen LogP) is 2.48. The first kappa shape index (κ1) is 16.6. The number of piperidine rings is 1. The van der Waals surface area contributed by atoms with Gasteiger partial charge >= 0.3 is 0 Å². The number of oxime groups is 1. The molecule has 6 nitrogen and oxygen atoms in total. The topological polar surface area (TPSA) is 71.0 Å². The van der Waals surface area contributed by atoms with E-state index in [9.17, 15) is 9.59 Å². The standard InChI is InChI=1S/C18H23N3O3S/c1-12-9-15(25-11-12)17(23)21-7-5-18(6-8-21)10-14(20-24-18)16(22)19-13-3-2-4-13/h9,11,13H,2-8,10H2,1H3,(H,19,22). The van der Waals surface area contributed by atoms with E-state index in [1.807, 2.05) is 23.3 Å².